The molecule has 0 spiro atoms. The van der Waals surface area contributed by atoms with Crippen molar-refractivity contribution in [3.05, 3.63) is 77.9 Å². The highest BCUT2D eigenvalue weighted by Gasteiger charge is 2.14. The van der Waals surface area contributed by atoms with Crippen LogP contribution in [-0.4, -0.2) is 35.6 Å². The van der Waals surface area contributed by atoms with Crippen molar-refractivity contribution < 1.29 is 33.4 Å². The molecular weight excluding hydrogens is 481 g/mol. The highest BCUT2D eigenvalue weighted by molar-refractivity contribution is 7.51. The molecule has 36 heavy (non-hydrogen) atoms. The first-order valence-electron chi connectivity index (χ1n) is 11.5. The van der Waals surface area contributed by atoms with Crippen LogP contribution in [0, 0.1) is 11.3 Å². The number of carbonyl (C=O) groups excluding carboxylic acids is 1. The van der Waals surface area contributed by atoms with Crippen LogP contribution in [0.3, 0.4) is 0 Å². The van der Waals surface area contributed by atoms with Gasteiger partial charge in [0.1, 0.15) is 5.75 Å². The van der Waals surface area contributed by atoms with Crippen LogP contribution in [0.2, 0.25) is 0 Å². The molecule has 0 aliphatic rings. The van der Waals surface area contributed by atoms with Gasteiger partial charge < -0.3 is 24.0 Å². The normalized spacial score (nSPS) is 10.9. The Kier molecular flexibility index (Phi) is 9.66. The number of nitrogens with zero attached hydrogens (tertiary/aromatic N) is 1. The molecule has 0 radical (unpaired) electrons. The van der Waals surface area contributed by atoms with Crippen molar-refractivity contribution in [3.8, 4) is 34.4 Å². The summed E-state index contributed by atoms with van der Waals surface area (Å²) in [6, 6.07) is 21.2. The van der Waals surface area contributed by atoms with E-state index in [2.05, 4.69) is 6.07 Å². The van der Waals surface area contributed by atoms with Crippen molar-refractivity contribution >= 4 is 13.6 Å². The molecule has 0 aliphatic heterocycles. The maximum Gasteiger partial charge on any atom is 0.343 e. The third kappa shape index (κ3) is 8.24. The van der Waals surface area contributed by atoms with Gasteiger partial charge in [0.25, 0.3) is 0 Å². The quantitative estimate of drug-likeness (QED) is 0.140. The standard InChI is InChI=1S/C27H28NO7P/c1-33-26-18-23(12-15-25(26)34-16-4-2-3-5-17-36(30,31)32)27(29)35-24-13-10-22(11-14-24)21-8-6-20(19-28)7-9-21/h6-15,18H,2-5,16-17H2,1H3,(H2,30,31,32). The lowest BCUT2D eigenvalue weighted by atomic mass is 10.0. The van der Waals surface area contributed by atoms with Crippen LogP contribution in [0.15, 0.2) is 66.7 Å². The van der Waals surface area contributed by atoms with Crippen molar-refractivity contribution in [2.75, 3.05) is 19.9 Å². The first-order chi connectivity index (χ1) is 17.3. The zero-order chi connectivity index (χ0) is 26.0. The molecular formula is C27H28NO7P. The minimum atomic E-state index is -3.93. The van der Waals surface area contributed by atoms with Gasteiger partial charge in [-0.15, -0.1) is 0 Å². The molecule has 8 nitrogen and oxygen atoms in total. The van der Waals surface area contributed by atoms with Gasteiger partial charge in [0.15, 0.2) is 11.5 Å². The Morgan fingerprint density at radius 1 is 0.889 bits per heavy atom. The van der Waals surface area contributed by atoms with Crippen molar-refractivity contribution in [2.24, 2.45) is 0 Å². The molecule has 3 rings (SSSR count). The number of carbonyl (C=O) groups is 1. The molecule has 0 unspecified atom stereocenters. The van der Waals surface area contributed by atoms with Crippen LogP contribution in [0.5, 0.6) is 17.2 Å². The van der Waals surface area contributed by atoms with E-state index in [9.17, 15) is 9.36 Å². The second-order valence-electron chi connectivity index (χ2n) is 8.12. The zero-order valence-corrected chi connectivity index (χ0v) is 20.8. The molecule has 0 amide bonds. The molecule has 9 heteroatoms. The number of benzene rings is 3. The molecule has 0 atom stereocenters. The van der Waals surface area contributed by atoms with Gasteiger partial charge in [-0.3, -0.25) is 4.57 Å². The largest absolute Gasteiger partial charge is 0.493 e. The van der Waals surface area contributed by atoms with E-state index in [0.717, 1.165) is 24.0 Å². The Balaban J connectivity index is 1.52. The number of nitriles is 1. The fraction of sp³-hybridized carbons (Fsp3) is 0.259. The number of hydrogen-bond acceptors (Lipinski definition) is 6. The highest BCUT2D eigenvalue weighted by Crippen LogP contribution is 2.35. The SMILES string of the molecule is COc1cc(C(=O)Oc2ccc(-c3ccc(C#N)cc3)cc2)ccc1OCCCCCCP(=O)(O)O. The molecule has 188 valence electrons. The fourth-order valence-electron chi connectivity index (χ4n) is 3.49. The van der Waals surface area contributed by atoms with Gasteiger partial charge in [0.2, 0.25) is 0 Å². The summed E-state index contributed by atoms with van der Waals surface area (Å²) in [7, 11) is -2.44. The summed E-state index contributed by atoms with van der Waals surface area (Å²) in [5.74, 6) is 0.768. The molecule has 0 fully saturated rings. The van der Waals surface area contributed by atoms with E-state index in [1.165, 1.54) is 7.11 Å². The first-order valence-corrected chi connectivity index (χ1v) is 13.3. The number of methoxy groups -OCH3 is 1. The number of unbranched alkanes of at least 4 members (excludes halogenated alkanes) is 3. The summed E-state index contributed by atoms with van der Waals surface area (Å²) in [5.41, 5.74) is 2.79. The van der Waals surface area contributed by atoms with Gasteiger partial charge in [-0.25, -0.2) is 4.79 Å². The van der Waals surface area contributed by atoms with E-state index in [-0.39, 0.29) is 6.16 Å². The summed E-state index contributed by atoms with van der Waals surface area (Å²) < 4.78 is 27.5. The Morgan fingerprint density at radius 3 is 2.14 bits per heavy atom. The summed E-state index contributed by atoms with van der Waals surface area (Å²) in [4.78, 5) is 30.4. The maximum absolute atomic E-state index is 12.6. The second kappa shape index (κ2) is 12.9. The van der Waals surface area contributed by atoms with E-state index in [4.69, 9.17) is 29.3 Å². The molecule has 3 aromatic rings. The van der Waals surface area contributed by atoms with Crippen LogP contribution < -0.4 is 14.2 Å². The first kappa shape index (κ1) is 27.0. The zero-order valence-electron chi connectivity index (χ0n) is 19.9. The van der Waals surface area contributed by atoms with E-state index >= 15 is 0 Å². The third-order valence-corrected chi connectivity index (χ3v) is 6.31. The molecule has 0 aliphatic carbocycles. The molecule has 0 saturated carbocycles. The lowest BCUT2D eigenvalue weighted by Gasteiger charge is -2.12. The predicted octanol–water partition coefficient (Wildman–Crippen LogP) is 5.57. The van der Waals surface area contributed by atoms with Gasteiger partial charge in [0, 0.05) is 6.16 Å². The minimum absolute atomic E-state index is 0.0967. The van der Waals surface area contributed by atoms with Crippen LogP contribution in [0.25, 0.3) is 11.1 Å². The Bertz CT molecular complexity index is 1240. The van der Waals surface area contributed by atoms with E-state index < -0.39 is 13.6 Å². The maximum atomic E-state index is 12.6. The van der Waals surface area contributed by atoms with E-state index in [1.54, 1.807) is 42.5 Å². The van der Waals surface area contributed by atoms with Crippen molar-refractivity contribution in [3.63, 3.8) is 0 Å². The van der Waals surface area contributed by atoms with Gasteiger partial charge >= 0.3 is 13.6 Å². The molecule has 0 heterocycles. The molecule has 2 N–H and O–H groups in total. The van der Waals surface area contributed by atoms with Crippen molar-refractivity contribution in [2.45, 2.75) is 25.7 Å². The van der Waals surface area contributed by atoms with E-state index in [1.807, 2.05) is 24.3 Å². The second-order valence-corrected chi connectivity index (χ2v) is 9.90. The predicted molar refractivity (Wildman–Crippen MR) is 135 cm³/mol. The van der Waals surface area contributed by atoms with E-state index in [0.29, 0.717) is 47.8 Å². The number of esters is 1. The Morgan fingerprint density at radius 2 is 1.53 bits per heavy atom. The van der Waals surface area contributed by atoms with Crippen molar-refractivity contribution in [1.29, 1.82) is 5.26 Å². The minimum Gasteiger partial charge on any atom is -0.493 e. The van der Waals surface area contributed by atoms with Crippen LogP contribution in [-0.2, 0) is 4.57 Å². The Labute approximate surface area is 210 Å². The molecule has 0 bridgehead atoms. The number of hydrogen-bond donors (Lipinski definition) is 2. The van der Waals surface area contributed by atoms with Gasteiger partial charge in [-0.1, -0.05) is 37.1 Å². The van der Waals surface area contributed by atoms with Crippen LogP contribution in [0.1, 0.15) is 41.6 Å². The third-order valence-electron chi connectivity index (χ3n) is 5.41. The summed E-state index contributed by atoms with van der Waals surface area (Å²) >= 11 is 0. The summed E-state index contributed by atoms with van der Waals surface area (Å²) in [5, 5.41) is 8.92. The Hall–Kier alpha value is -3.63. The van der Waals surface area contributed by atoms with Gasteiger partial charge in [-0.2, -0.15) is 5.26 Å². The highest BCUT2D eigenvalue weighted by atomic mass is 31.2. The molecule has 0 aromatic heterocycles. The smallest absolute Gasteiger partial charge is 0.343 e. The van der Waals surface area contributed by atoms with Crippen LogP contribution >= 0.6 is 7.60 Å². The van der Waals surface area contributed by atoms with Crippen LogP contribution in [0.4, 0.5) is 0 Å². The number of rotatable bonds is 12. The molecule has 3 aromatic carbocycles. The monoisotopic (exact) mass is 509 g/mol. The van der Waals surface area contributed by atoms with Gasteiger partial charge in [-0.05, 0) is 66.4 Å². The summed E-state index contributed by atoms with van der Waals surface area (Å²) in [6.45, 7) is 0.418. The average Bonchev–Trinajstić information content (AvgIpc) is 2.88. The fourth-order valence-corrected chi connectivity index (χ4v) is 4.12. The lowest BCUT2D eigenvalue weighted by molar-refractivity contribution is 0.0734. The topological polar surface area (TPSA) is 126 Å². The summed E-state index contributed by atoms with van der Waals surface area (Å²) in [6.07, 6.45) is 2.61. The molecule has 0 saturated heterocycles. The lowest BCUT2D eigenvalue weighted by Crippen LogP contribution is -2.09. The van der Waals surface area contributed by atoms with Gasteiger partial charge in [0.05, 0.1) is 30.9 Å². The number of ether oxygens (including phenoxy) is 3. The average molecular weight is 509 g/mol. The van der Waals surface area contributed by atoms with Crippen molar-refractivity contribution in [1.82, 2.24) is 0 Å².